The van der Waals surface area contributed by atoms with E-state index in [9.17, 15) is 14.4 Å². The molecule has 0 bridgehead atoms. The number of benzene rings is 3. The van der Waals surface area contributed by atoms with E-state index in [1.165, 1.54) is 26.5 Å². The minimum atomic E-state index is -0.955. The number of nitrogens with one attached hydrogen (secondary N) is 2. The molecule has 0 saturated carbocycles. The Morgan fingerprint density at radius 1 is 0.853 bits per heavy atom. The number of hydrogen-bond acceptors (Lipinski definition) is 7. The zero-order valence-electron chi connectivity index (χ0n) is 18.2. The lowest BCUT2D eigenvalue weighted by Gasteiger charge is -2.10. The number of hydrazone groups is 1. The second-order valence-corrected chi connectivity index (χ2v) is 7.12. The number of carbonyl (C=O) groups excluding carboxylic acids is 3. The number of halogens is 1. The molecule has 0 radical (unpaired) electrons. The molecule has 174 valence electrons. The van der Waals surface area contributed by atoms with Crippen LogP contribution in [0.3, 0.4) is 0 Å². The van der Waals surface area contributed by atoms with Crippen molar-refractivity contribution in [2.75, 3.05) is 19.5 Å². The van der Waals surface area contributed by atoms with Gasteiger partial charge in [-0.1, -0.05) is 11.6 Å². The molecule has 0 atom stereocenters. The molecule has 0 fully saturated rings. The van der Waals surface area contributed by atoms with E-state index < -0.39 is 17.8 Å². The Kier molecular flexibility index (Phi) is 8.20. The first-order valence-corrected chi connectivity index (χ1v) is 10.2. The number of amides is 2. The quantitative estimate of drug-likeness (QED) is 0.175. The molecular weight excluding hydrogens is 462 g/mol. The van der Waals surface area contributed by atoms with Crippen LogP contribution in [0.1, 0.15) is 15.9 Å². The third-order valence-corrected chi connectivity index (χ3v) is 4.66. The van der Waals surface area contributed by atoms with Gasteiger partial charge in [-0.25, -0.2) is 10.2 Å². The van der Waals surface area contributed by atoms with Crippen LogP contribution in [-0.4, -0.2) is 38.2 Å². The van der Waals surface area contributed by atoms with Gasteiger partial charge in [-0.05, 0) is 72.3 Å². The van der Waals surface area contributed by atoms with Gasteiger partial charge in [-0.3, -0.25) is 9.59 Å². The molecule has 9 nitrogen and oxygen atoms in total. The van der Waals surface area contributed by atoms with Crippen molar-refractivity contribution < 1.29 is 28.6 Å². The van der Waals surface area contributed by atoms with Gasteiger partial charge in [0.25, 0.3) is 0 Å². The third-order valence-electron chi connectivity index (χ3n) is 4.40. The molecule has 2 N–H and O–H groups in total. The van der Waals surface area contributed by atoms with Crippen molar-refractivity contribution in [3.05, 3.63) is 82.9 Å². The Bertz CT molecular complexity index is 1210. The average molecular weight is 482 g/mol. The fourth-order valence-electron chi connectivity index (χ4n) is 2.67. The standard InChI is InChI=1S/C24H20ClN3O6/c1-32-19-10-4-16(5-11-19)24(31)34-20-12-3-15(13-21(20)33-2)14-26-28-23(30)22(29)27-18-8-6-17(25)7-9-18/h3-14H,1-2H3,(H,27,29)(H,28,30)/b26-14+. The number of nitrogens with zero attached hydrogens (tertiary/aromatic N) is 1. The van der Waals surface area contributed by atoms with Crippen molar-refractivity contribution in [2.45, 2.75) is 0 Å². The molecule has 0 saturated heterocycles. The van der Waals surface area contributed by atoms with E-state index >= 15 is 0 Å². The summed E-state index contributed by atoms with van der Waals surface area (Å²) in [5.41, 5.74) is 3.42. The molecule has 0 heterocycles. The van der Waals surface area contributed by atoms with Crippen molar-refractivity contribution in [1.29, 1.82) is 0 Å². The number of esters is 1. The molecular formula is C24H20ClN3O6. The van der Waals surface area contributed by atoms with Crippen LogP contribution in [-0.2, 0) is 9.59 Å². The van der Waals surface area contributed by atoms with Crippen LogP contribution in [0.5, 0.6) is 17.2 Å². The van der Waals surface area contributed by atoms with Crippen LogP contribution in [0, 0.1) is 0 Å². The normalized spacial score (nSPS) is 10.4. The molecule has 0 spiro atoms. The summed E-state index contributed by atoms with van der Waals surface area (Å²) in [5.74, 6) is -1.32. The lowest BCUT2D eigenvalue weighted by atomic mass is 10.2. The third kappa shape index (κ3) is 6.57. The topological polar surface area (TPSA) is 115 Å². The molecule has 3 aromatic carbocycles. The summed E-state index contributed by atoms with van der Waals surface area (Å²) in [5, 5.41) is 6.69. The predicted molar refractivity (Wildman–Crippen MR) is 127 cm³/mol. The SMILES string of the molecule is COc1ccc(C(=O)Oc2ccc(/C=N/NC(=O)C(=O)Nc3ccc(Cl)cc3)cc2OC)cc1. The highest BCUT2D eigenvalue weighted by atomic mass is 35.5. The van der Waals surface area contributed by atoms with Gasteiger partial charge in [0.2, 0.25) is 0 Å². The maximum atomic E-state index is 12.4. The van der Waals surface area contributed by atoms with Crippen LogP contribution in [0.15, 0.2) is 71.8 Å². The highest BCUT2D eigenvalue weighted by molar-refractivity contribution is 6.39. The van der Waals surface area contributed by atoms with E-state index in [0.29, 0.717) is 27.6 Å². The number of methoxy groups -OCH3 is 2. The summed E-state index contributed by atoms with van der Waals surface area (Å²) in [4.78, 5) is 36.2. The van der Waals surface area contributed by atoms with Gasteiger partial charge in [-0.2, -0.15) is 5.10 Å². The Morgan fingerprint density at radius 2 is 1.56 bits per heavy atom. The maximum Gasteiger partial charge on any atom is 0.343 e. The van der Waals surface area contributed by atoms with Gasteiger partial charge >= 0.3 is 17.8 Å². The van der Waals surface area contributed by atoms with E-state index in [1.807, 2.05) is 0 Å². The molecule has 0 unspecified atom stereocenters. The Labute approximate surface area is 200 Å². The fraction of sp³-hybridized carbons (Fsp3) is 0.0833. The summed E-state index contributed by atoms with van der Waals surface area (Å²) in [6.07, 6.45) is 1.31. The summed E-state index contributed by atoms with van der Waals surface area (Å²) in [6, 6.07) is 17.4. The van der Waals surface area contributed by atoms with Crippen LogP contribution in [0.2, 0.25) is 5.02 Å². The summed E-state index contributed by atoms with van der Waals surface area (Å²) in [7, 11) is 2.95. The van der Waals surface area contributed by atoms with Crippen molar-refractivity contribution in [3.8, 4) is 17.2 Å². The molecule has 34 heavy (non-hydrogen) atoms. The van der Waals surface area contributed by atoms with Crippen molar-refractivity contribution in [3.63, 3.8) is 0 Å². The lowest BCUT2D eigenvalue weighted by Crippen LogP contribution is -2.32. The van der Waals surface area contributed by atoms with Crippen LogP contribution < -0.4 is 25.0 Å². The van der Waals surface area contributed by atoms with E-state index in [4.69, 9.17) is 25.8 Å². The van der Waals surface area contributed by atoms with E-state index in [1.54, 1.807) is 60.7 Å². The van der Waals surface area contributed by atoms with Crippen molar-refractivity contribution in [1.82, 2.24) is 5.43 Å². The summed E-state index contributed by atoms with van der Waals surface area (Å²) < 4.78 is 15.8. The molecule has 10 heteroatoms. The molecule has 0 aliphatic rings. The number of rotatable bonds is 7. The van der Waals surface area contributed by atoms with Crippen molar-refractivity contribution >= 4 is 41.3 Å². The van der Waals surface area contributed by atoms with E-state index in [2.05, 4.69) is 15.8 Å². The van der Waals surface area contributed by atoms with E-state index in [0.717, 1.165) is 0 Å². The largest absolute Gasteiger partial charge is 0.497 e. The average Bonchev–Trinajstić information content (AvgIpc) is 2.86. The number of anilines is 1. The fourth-order valence-corrected chi connectivity index (χ4v) is 2.80. The molecule has 0 aliphatic carbocycles. The van der Waals surface area contributed by atoms with Crippen molar-refractivity contribution in [2.24, 2.45) is 5.10 Å². The van der Waals surface area contributed by atoms with Crippen LogP contribution in [0.4, 0.5) is 5.69 Å². The Morgan fingerprint density at radius 3 is 2.21 bits per heavy atom. The highest BCUT2D eigenvalue weighted by Crippen LogP contribution is 2.28. The first-order chi connectivity index (χ1) is 16.4. The molecule has 0 aliphatic heterocycles. The first kappa shape index (κ1) is 24.3. The Hall–Kier alpha value is -4.37. The van der Waals surface area contributed by atoms with Gasteiger partial charge in [0.15, 0.2) is 11.5 Å². The monoisotopic (exact) mass is 481 g/mol. The zero-order chi connectivity index (χ0) is 24.5. The molecule has 2 amide bonds. The second-order valence-electron chi connectivity index (χ2n) is 6.69. The smallest absolute Gasteiger partial charge is 0.343 e. The van der Waals surface area contributed by atoms with Gasteiger partial charge in [0.1, 0.15) is 5.75 Å². The van der Waals surface area contributed by atoms with E-state index in [-0.39, 0.29) is 11.5 Å². The molecule has 3 aromatic rings. The minimum Gasteiger partial charge on any atom is -0.497 e. The zero-order valence-corrected chi connectivity index (χ0v) is 19.0. The van der Waals surface area contributed by atoms with Gasteiger partial charge in [-0.15, -0.1) is 0 Å². The number of ether oxygens (including phenoxy) is 3. The van der Waals surface area contributed by atoms with Gasteiger partial charge < -0.3 is 19.5 Å². The van der Waals surface area contributed by atoms with Gasteiger partial charge in [0.05, 0.1) is 26.0 Å². The van der Waals surface area contributed by atoms with Crippen LogP contribution in [0.25, 0.3) is 0 Å². The Balaban J connectivity index is 1.59. The first-order valence-electron chi connectivity index (χ1n) is 9.84. The lowest BCUT2D eigenvalue weighted by molar-refractivity contribution is -0.136. The summed E-state index contributed by atoms with van der Waals surface area (Å²) in [6.45, 7) is 0. The van der Waals surface area contributed by atoms with Gasteiger partial charge in [0, 0.05) is 10.7 Å². The van der Waals surface area contributed by atoms with Crippen LogP contribution >= 0.6 is 11.6 Å². The predicted octanol–water partition coefficient (Wildman–Crippen LogP) is 3.67. The molecule has 0 aromatic heterocycles. The number of carbonyl (C=O) groups is 3. The maximum absolute atomic E-state index is 12.4. The molecule has 3 rings (SSSR count). The highest BCUT2D eigenvalue weighted by Gasteiger charge is 2.14. The minimum absolute atomic E-state index is 0.201. The second kappa shape index (κ2) is 11.5. The summed E-state index contributed by atoms with van der Waals surface area (Å²) >= 11 is 5.78. The number of hydrogen-bond donors (Lipinski definition) is 2.